The van der Waals surface area contributed by atoms with Crippen molar-refractivity contribution in [3.8, 4) is 5.75 Å². The molecule has 0 aliphatic rings. The van der Waals surface area contributed by atoms with Crippen molar-refractivity contribution in [3.63, 3.8) is 0 Å². The number of benzene rings is 1. The Bertz CT molecular complexity index is 207. The molecule has 0 fully saturated rings. The molecule has 0 saturated carbocycles. The van der Waals surface area contributed by atoms with Gasteiger partial charge in [-0.25, -0.2) is 4.39 Å². The van der Waals surface area contributed by atoms with E-state index in [1.54, 1.807) is 0 Å². The van der Waals surface area contributed by atoms with Crippen molar-refractivity contribution in [1.82, 2.24) is 0 Å². The van der Waals surface area contributed by atoms with Gasteiger partial charge in [0.15, 0.2) is 17.4 Å². The van der Waals surface area contributed by atoms with Crippen LogP contribution in [0.3, 0.4) is 0 Å². The molecule has 0 aliphatic heterocycles. The second-order valence-corrected chi connectivity index (χ2v) is 1.57. The molecule has 0 heterocycles. The largest absolute Gasteiger partial charge is 0.505 e. The van der Waals surface area contributed by atoms with Crippen molar-refractivity contribution in [2.24, 2.45) is 0 Å². The molecular weight excluding hydrogens is 217 g/mol. The van der Waals surface area contributed by atoms with Crippen molar-refractivity contribution in [3.05, 3.63) is 29.8 Å². The number of rotatable bonds is 0. The van der Waals surface area contributed by atoms with Crippen molar-refractivity contribution < 1.29 is 40.1 Å². The molecule has 1 rings (SSSR count). The Balaban J connectivity index is 0.000000810. The van der Waals surface area contributed by atoms with Crippen LogP contribution in [0.4, 0.5) is 8.78 Å². The van der Waals surface area contributed by atoms with Crippen LogP contribution < -0.4 is 0 Å². The van der Waals surface area contributed by atoms with Crippen LogP contribution in [0.25, 0.3) is 0 Å². The molecule has 0 amide bonds. The quantitative estimate of drug-likeness (QED) is 0.706. The zero-order valence-corrected chi connectivity index (χ0v) is 7.39. The van der Waals surface area contributed by atoms with E-state index in [9.17, 15) is 8.78 Å². The van der Waals surface area contributed by atoms with Crippen LogP contribution >= 0.6 is 0 Å². The van der Waals surface area contributed by atoms with Gasteiger partial charge >= 0.3 is 0 Å². The summed E-state index contributed by atoms with van der Waals surface area (Å²) in [5.74, 6) is -2.89. The fourth-order valence-electron chi connectivity index (χ4n) is 0.492. The molecule has 0 atom stereocenters. The number of phenols is 1. The van der Waals surface area contributed by atoms with Crippen LogP contribution in [0.2, 0.25) is 0 Å². The summed E-state index contributed by atoms with van der Waals surface area (Å²) in [5.41, 5.74) is 0. The number of phenolic OH excluding ortho intramolecular Hbond substituents is 1. The molecular formula is C6H4F2OZr. The van der Waals surface area contributed by atoms with Gasteiger partial charge in [-0.3, -0.25) is 0 Å². The van der Waals surface area contributed by atoms with E-state index in [-0.39, 0.29) is 26.2 Å². The van der Waals surface area contributed by atoms with Gasteiger partial charge in [0.25, 0.3) is 0 Å². The first kappa shape index (κ1) is 9.76. The summed E-state index contributed by atoms with van der Waals surface area (Å²) in [6, 6.07) is 3.25. The molecule has 0 unspecified atom stereocenters. The van der Waals surface area contributed by atoms with Gasteiger partial charge in [-0.1, -0.05) is 6.07 Å². The standard InChI is InChI=1S/C6H4F2O.Zr/c7-4-2-1-3-5(9)6(4)8;/h1-3,9H;. The first-order chi connectivity index (χ1) is 4.22. The molecule has 0 radical (unpaired) electrons. The Hall–Kier alpha value is -0.237. The zero-order valence-electron chi connectivity index (χ0n) is 4.94. The van der Waals surface area contributed by atoms with Gasteiger partial charge in [-0.05, 0) is 12.1 Å². The van der Waals surface area contributed by atoms with Crippen LogP contribution in [0.5, 0.6) is 5.75 Å². The van der Waals surface area contributed by atoms with Gasteiger partial charge in [-0.2, -0.15) is 4.39 Å². The van der Waals surface area contributed by atoms with E-state index in [2.05, 4.69) is 0 Å². The van der Waals surface area contributed by atoms with Gasteiger partial charge in [0, 0.05) is 26.2 Å². The van der Waals surface area contributed by atoms with Gasteiger partial charge in [0.05, 0.1) is 0 Å². The molecule has 1 nitrogen and oxygen atoms in total. The molecule has 52 valence electrons. The Morgan fingerprint density at radius 3 is 2.20 bits per heavy atom. The molecule has 1 aromatic carbocycles. The zero-order chi connectivity index (χ0) is 6.85. The van der Waals surface area contributed by atoms with Crippen LogP contribution in [0, 0.1) is 11.6 Å². The third-order valence-electron chi connectivity index (χ3n) is 0.931. The summed E-state index contributed by atoms with van der Waals surface area (Å²) in [6.45, 7) is 0. The first-order valence-corrected chi connectivity index (χ1v) is 2.35. The second kappa shape index (κ2) is 3.82. The molecule has 0 aliphatic carbocycles. The predicted molar refractivity (Wildman–Crippen MR) is 28.0 cm³/mol. The van der Waals surface area contributed by atoms with E-state index in [1.165, 1.54) is 6.07 Å². The Morgan fingerprint density at radius 2 is 1.80 bits per heavy atom. The van der Waals surface area contributed by atoms with Crippen LogP contribution in [0.15, 0.2) is 18.2 Å². The molecule has 0 aromatic heterocycles. The SMILES string of the molecule is Oc1cccc(F)c1F.[Zr]. The summed E-state index contributed by atoms with van der Waals surface area (Å²) < 4.78 is 24.2. The third-order valence-corrected chi connectivity index (χ3v) is 0.931. The van der Waals surface area contributed by atoms with Gasteiger partial charge in [0.2, 0.25) is 0 Å². The number of hydrogen-bond donors (Lipinski definition) is 1. The minimum absolute atomic E-state index is 0. The van der Waals surface area contributed by atoms with Crippen molar-refractivity contribution >= 4 is 0 Å². The van der Waals surface area contributed by atoms with Crippen molar-refractivity contribution in [1.29, 1.82) is 0 Å². The van der Waals surface area contributed by atoms with E-state index in [1.807, 2.05) is 0 Å². The third kappa shape index (κ3) is 1.87. The fourth-order valence-corrected chi connectivity index (χ4v) is 0.492. The average Bonchev–Trinajstić information content (AvgIpc) is 1.83. The van der Waals surface area contributed by atoms with Crippen molar-refractivity contribution in [2.75, 3.05) is 0 Å². The molecule has 10 heavy (non-hydrogen) atoms. The monoisotopic (exact) mass is 220 g/mol. The molecule has 0 saturated heterocycles. The summed E-state index contributed by atoms with van der Waals surface area (Å²) in [5, 5.41) is 8.49. The Morgan fingerprint density at radius 1 is 1.20 bits per heavy atom. The van der Waals surface area contributed by atoms with E-state index in [0.29, 0.717) is 0 Å². The number of hydrogen-bond acceptors (Lipinski definition) is 1. The number of aromatic hydroxyl groups is 1. The Labute approximate surface area is 75.8 Å². The minimum atomic E-state index is -1.20. The average molecular weight is 221 g/mol. The second-order valence-electron chi connectivity index (χ2n) is 1.57. The maximum atomic E-state index is 12.1. The minimum Gasteiger partial charge on any atom is -0.505 e. The summed E-state index contributed by atoms with van der Waals surface area (Å²) in [6.07, 6.45) is 0. The van der Waals surface area contributed by atoms with Crippen LogP contribution in [-0.2, 0) is 26.2 Å². The number of halogens is 2. The molecule has 0 bridgehead atoms. The van der Waals surface area contributed by atoms with E-state index in [4.69, 9.17) is 5.11 Å². The van der Waals surface area contributed by atoms with Crippen LogP contribution in [0.1, 0.15) is 0 Å². The first-order valence-electron chi connectivity index (χ1n) is 2.35. The fraction of sp³-hybridized carbons (Fsp3) is 0. The van der Waals surface area contributed by atoms with Gasteiger partial charge < -0.3 is 5.11 Å². The smallest absolute Gasteiger partial charge is 0.200 e. The normalized spacial score (nSPS) is 8.60. The van der Waals surface area contributed by atoms with E-state index >= 15 is 0 Å². The predicted octanol–water partition coefficient (Wildman–Crippen LogP) is 1.67. The maximum Gasteiger partial charge on any atom is 0.200 e. The van der Waals surface area contributed by atoms with Crippen molar-refractivity contribution in [2.45, 2.75) is 0 Å². The van der Waals surface area contributed by atoms with Gasteiger partial charge in [-0.15, -0.1) is 0 Å². The maximum absolute atomic E-state index is 12.1. The topological polar surface area (TPSA) is 20.2 Å². The summed E-state index contributed by atoms with van der Waals surface area (Å²) >= 11 is 0. The molecule has 4 heteroatoms. The molecule has 0 spiro atoms. The molecule has 1 N–H and O–H groups in total. The van der Waals surface area contributed by atoms with Gasteiger partial charge in [0.1, 0.15) is 0 Å². The Kier molecular flexibility index (Phi) is 3.73. The van der Waals surface area contributed by atoms with E-state index in [0.717, 1.165) is 12.1 Å². The molecule has 1 aromatic rings. The summed E-state index contributed by atoms with van der Waals surface area (Å²) in [4.78, 5) is 0. The van der Waals surface area contributed by atoms with Crippen LogP contribution in [-0.4, -0.2) is 5.11 Å². The van der Waals surface area contributed by atoms with E-state index < -0.39 is 17.4 Å². The summed E-state index contributed by atoms with van der Waals surface area (Å²) in [7, 11) is 0.